The van der Waals surface area contributed by atoms with Crippen molar-refractivity contribution in [2.75, 3.05) is 20.3 Å². The molecule has 1 aliphatic heterocycles. The van der Waals surface area contributed by atoms with Crippen LogP contribution in [0.1, 0.15) is 66.2 Å². The van der Waals surface area contributed by atoms with Crippen molar-refractivity contribution in [3.63, 3.8) is 0 Å². The van der Waals surface area contributed by atoms with E-state index in [1.807, 2.05) is 33.8 Å². The lowest BCUT2D eigenvalue weighted by Crippen LogP contribution is -2.42. The maximum Gasteiger partial charge on any atom is 0.411 e. The highest BCUT2D eigenvalue weighted by Crippen LogP contribution is 2.36. The molecule has 0 saturated carbocycles. The Labute approximate surface area is 172 Å². The summed E-state index contributed by atoms with van der Waals surface area (Å²) in [4.78, 5) is 14.4. The van der Waals surface area contributed by atoms with Crippen molar-refractivity contribution in [3.8, 4) is 0 Å². The molecule has 1 heterocycles. The maximum atomic E-state index is 12.9. The Morgan fingerprint density at radius 2 is 1.83 bits per heavy atom. The molecule has 0 aromatic heterocycles. The summed E-state index contributed by atoms with van der Waals surface area (Å²) in [7, 11) is 1.67. The summed E-state index contributed by atoms with van der Waals surface area (Å²) in [6.07, 6.45) is 0.469. The number of carbonyl (C=O) groups excluding carboxylic acids is 1. The molecule has 0 radical (unpaired) electrons. The summed E-state index contributed by atoms with van der Waals surface area (Å²) >= 11 is 0. The third-order valence-corrected chi connectivity index (χ3v) is 5.18. The molecule has 2 N–H and O–H groups in total. The zero-order chi connectivity index (χ0) is 22.2. The maximum absolute atomic E-state index is 12.9. The van der Waals surface area contributed by atoms with Gasteiger partial charge < -0.3 is 20.1 Å². The monoisotopic (exact) mass is 420 g/mol. The third-order valence-electron chi connectivity index (χ3n) is 5.18. The van der Waals surface area contributed by atoms with Crippen LogP contribution in [0.25, 0.3) is 0 Å². The summed E-state index contributed by atoms with van der Waals surface area (Å²) in [5, 5.41) is 0. The van der Waals surface area contributed by atoms with Crippen LogP contribution in [0.15, 0.2) is 22.9 Å². The smallest absolute Gasteiger partial charge is 0.399 e. The van der Waals surface area contributed by atoms with E-state index in [2.05, 4.69) is 0 Å². The first-order chi connectivity index (χ1) is 13.5. The topological polar surface area (TPSA) is 64.8 Å². The van der Waals surface area contributed by atoms with Crippen molar-refractivity contribution in [1.29, 1.82) is 0 Å². The van der Waals surface area contributed by atoms with E-state index in [0.29, 0.717) is 29.7 Å². The number of allylic oxidation sites excluding steroid dienone is 1. The van der Waals surface area contributed by atoms with Gasteiger partial charge in [0.15, 0.2) is 6.29 Å². The van der Waals surface area contributed by atoms with Crippen molar-refractivity contribution < 1.29 is 27.4 Å². The van der Waals surface area contributed by atoms with E-state index in [4.69, 9.17) is 15.2 Å². The van der Waals surface area contributed by atoms with Crippen LogP contribution < -0.4 is 5.73 Å². The van der Waals surface area contributed by atoms with E-state index in [9.17, 15) is 18.0 Å². The molecule has 8 heteroatoms. The number of hydrogen-bond acceptors (Lipinski definition) is 4. The highest BCUT2D eigenvalue weighted by atomic mass is 19.4. The predicted octanol–water partition coefficient (Wildman–Crippen LogP) is 4.68. The molecule has 29 heavy (non-hydrogen) atoms. The first-order valence-corrected chi connectivity index (χ1v) is 10.2. The van der Waals surface area contributed by atoms with Crippen LogP contribution in [-0.4, -0.2) is 49.1 Å². The molecule has 168 valence electrons. The van der Waals surface area contributed by atoms with Gasteiger partial charge in [-0.25, -0.2) is 0 Å². The van der Waals surface area contributed by atoms with E-state index >= 15 is 0 Å². The Morgan fingerprint density at radius 3 is 2.31 bits per heavy atom. The minimum atomic E-state index is -4.46. The van der Waals surface area contributed by atoms with E-state index in [-0.39, 0.29) is 18.9 Å². The molecule has 1 unspecified atom stereocenters. The molecule has 5 nitrogen and oxygen atoms in total. The van der Waals surface area contributed by atoms with Crippen molar-refractivity contribution in [1.82, 2.24) is 4.90 Å². The molecule has 0 aromatic rings. The minimum absolute atomic E-state index is 0.0369. The van der Waals surface area contributed by atoms with Crippen molar-refractivity contribution in [3.05, 3.63) is 22.9 Å². The van der Waals surface area contributed by atoms with Crippen molar-refractivity contribution >= 4 is 5.91 Å². The van der Waals surface area contributed by atoms with E-state index in [1.165, 1.54) is 0 Å². The Balaban J connectivity index is 3.15. The van der Waals surface area contributed by atoms with Crippen LogP contribution in [0, 0.1) is 0 Å². The van der Waals surface area contributed by atoms with Gasteiger partial charge in [0.05, 0.1) is 11.1 Å². The molecule has 1 atom stereocenters. The fourth-order valence-electron chi connectivity index (χ4n) is 2.99. The van der Waals surface area contributed by atoms with Crippen molar-refractivity contribution in [2.24, 2.45) is 5.73 Å². The second-order valence-electron chi connectivity index (χ2n) is 7.87. The summed E-state index contributed by atoms with van der Waals surface area (Å²) < 4.78 is 48.6. The largest absolute Gasteiger partial charge is 0.411 e. The molecule has 0 fully saturated rings. The number of hydrogen-bond donors (Lipinski definition) is 1. The van der Waals surface area contributed by atoms with Gasteiger partial charge in [-0.2, -0.15) is 13.2 Å². The molecule has 1 amide bonds. The number of ether oxygens (including phenoxy) is 2. The van der Waals surface area contributed by atoms with Gasteiger partial charge in [-0.1, -0.05) is 39.2 Å². The molecule has 1 aliphatic rings. The Morgan fingerprint density at radius 1 is 1.21 bits per heavy atom. The number of rotatable bonds is 12. The van der Waals surface area contributed by atoms with Gasteiger partial charge in [-0.05, 0) is 32.3 Å². The van der Waals surface area contributed by atoms with Crippen LogP contribution in [0.5, 0.6) is 0 Å². The SMILES string of the molecule is CCCC/C=C(/CC(OCCCC)OCC(F)(F)F)C1=C(N)C(C)(C)N(C)C1=O. The lowest BCUT2D eigenvalue weighted by molar-refractivity contribution is -0.228. The second kappa shape index (κ2) is 11.0. The molecule has 0 saturated heterocycles. The molecule has 0 aliphatic carbocycles. The number of carbonyl (C=O) groups is 1. The third kappa shape index (κ3) is 7.33. The van der Waals surface area contributed by atoms with Crippen LogP contribution >= 0.6 is 0 Å². The molecule has 0 aromatic carbocycles. The van der Waals surface area contributed by atoms with Gasteiger partial charge in [0.1, 0.15) is 6.61 Å². The predicted molar refractivity (Wildman–Crippen MR) is 107 cm³/mol. The zero-order valence-electron chi connectivity index (χ0n) is 18.2. The standard InChI is InChI=1S/C21H35F3N2O3/c1-6-8-10-11-15(17-18(25)20(3,4)26(5)19(17)27)13-16(28-12-9-7-2)29-14-21(22,23)24/h11,16H,6-10,12-14,25H2,1-5H3/b15-11-. The highest BCUT2D eigenvalue weighted by molar-refractivity contribution is 6.02. The van der Waals surface area contributed by atoms with Crippen LogP contribution in [-0.2, 0) is 14.3 Å². The summed E-state index contributed by atoms with van der Waals surface area (Å²) in [6.45, 7) is 6.57. The molecule has 1 rings (SSSR count). The van der Waals surface area contributed by atoms with Crippen molar-refractivity contribution in [2.45, 2.75) is 84.2 Å². The molecular formula is C21H35F3N2O3. The quantitative estimate of drug-likeness (QED) is 0.368. The average molecular weight is 421 g/mol. The van der Waals surface area contributed by atoms with E-state index < -0.39 is 24.6 Å². The first kappa shape index (κ1) is 25.5. The second-order valence-corrected chi connectivity index (χ2v) is 7.87. The number of halogens is 3. The van der Waals surface area contributed by atoms with Gasteiger partial charge in [0, 0.05) is 25.8 Å². The molecule has 0 spiro atoms. The minimum Gasteiger partial charge on any atom is -0.399 e. The van der Waals surface area contributed by atoms with Gasteiger partial charge in [0.25, 0.3) is 5.91 Å². The number of likely N-dealkylation sites (N-methyl/N-ethyl adjacent to an activating group) is 1. The van der Waals surface area contributed by atoms with Gasteiger partial charge in [-0.15, -0.1) is 0 Å². The average Bonchev–Trinajstić information content (AvgIpc) is 2.78. The first-order valence-electron chi connectivity index (χ1n) is 10.2. The number of alkyl halides is 3. The Hall–Kier alpha value is -1.54. The van der Waals surface area contributed by atoms with Crippen LogP contribution in [0.4, 0.5) is 13.2 Å². The van der Waals surface area contributed by atoms with Crippen LogP contribution in [0.3, 0.4) is 0 Å². The van der Waals surface area contributed by atoms with Gasteiger partial charge in [0.2, 0.25) is 0 Å². The molecule has 0 bridgehead atoms. The summed E-state index contributed by atoms with van der Waals surface area (Å²) in [5.74, 6) is -0.238. The summed E-state index contributed by atoms with van der Waals surface area (Å²) in [6, 6.07) is 0. The molecular weight excluding hydrogens is 385 g/mol. The zero-order valence-corrected chi connectivity index (χ0v) is 18.2. The number of unbranched alkanes of at least 4 members (excludes halogenated alkanes) is 3. The normalized spacial score (nSPS) is 18.7. The summed E-state index contributed by atoms with van der Waals surface area (Å²) in [5.41, 5.74) is 6.99. The lowest BCUT2D eigenvalue weighted by atomic mass is 9.94. The lowest BCUT2D eigenvalue weighted by Gasteiger charge is -2.29. The van der Waals surface area contributed by atoms with Crippen LogP contribution in [0.2, 0.25) is 0 Å². The Kier molecular flexibility index (Phi) is 9.68. The number of nitrogens with two attached hydrogens (primary N) is 1. The number of nitrogens with zero attached hydrogens (tertiary/aromatic N) is 1. The fourth-order valence-corrected chi connectivity index (χ4v) is 2.99. The Bertz CT molecular complexity index is 613. The van der Waals surface area contributed by atoms with Gasteiger partial charge >= 0.3 is 6.18 Å². The fraction of sp³-hybridized carbons (Fsp3) is 0.762. The number of amides is 1. The van der Waals surface area contributed by atoms with E-state index in [1.54, 1.807) is 11.9 Å². The van der Waals surface area contributed by atoms with Gasteiger partial charge in [-0.3, -0.25) is 4.79 Å². The van der Waals surface area contributed by atoms with E-state index in [0.717, 1.165) is 19.3 Å². The highest BCUT2D eigenvalue weighted by Gasteiger charge is 2.43.